The van der Waals surface area contributed by atoms with Gasteiger partial charge in [0, 0.05) is 31.6 Å². The number of hydrogen-bond acceptors (Lipinski definition) is 7. The normalized spacial score (nSPS) is 21.1. The molecule has 190 valence electrons. The number of hydrogen-bond donors (Lipinski definition) is 3. The molecule has 12 heteroatoms. The first-order chi connectivity index (χ1) is 16.6. The van der Waals surface area contributed by atoms with Crippen LogP contribution in [0.2, 0.25) is 0 Å². The third-order valence-electron chi connectivity index (χ3n) is 6.38. The van der Waals surface area contributed by atoms with Crippen LogP contribution in [0.1, 0.15) is 30.4 Å². The molecule has 1 amide bonds. The summed E-state index contributed by atoms with van der Waals surface area (Å²) in [5.41, 5.74) is 5.09. The minimum absolute atomic E-state index is 0.000153. The van der Waals surface area contributed by atoms with Gasteiger partial charge in [-0.3, -0.25) is 9.69 Å². The fourth-order valence-electron chi connectivity index (χ4n) is 4.32. The molecule has 1 aromatic heterocycles. The minimum Gasteiger partial charge on any atom is -0.391 e. The molecule has 2 aromatic rings. The van der Waals surface area contributed by atoms with Gasteiger partial charge in [-0.15, -0.1) is 0 Å². The van der Waals surface area contributed by atoms with Crippen LogP contribution in [0, 0.1) is 11.7 Å². The molecule has 0 radical (unpaired) electrons. The Balaban J connectivity index is 1.42. The van der Waals surface area contributed by atoms with Crippen molar-refractivity contribution in [1.29, 1.82) is 0 Å². The Morgan fingerprint density at radius 2 is 1.91 bits per heavy atom. The number of piperidine rings is 1. The summed E-state index contributed by atoms with van der Waals surface area (Å²) in [6.45, 7) is 1.47. The highest BCUT2D eigenvalue weighted by Gasteiger charge is 2.34. The second kappa shape index (κ2) is 10.3. The summed E-state index contributed by atoms with van der Waals surface area (Å²) in [7, 11) is 0. The molecule has 0 unspecified atom stereocenters. The van der Waals surface area contributed by atoms with Crippen LogP contribution in [0.25, 0.3) is 0 Å². The van der Waals surface area contributed by atoms with E-state index in [1.807, 2.05) is 0 Å². The zero-order valence-electron chi connectivity index (χ0n) is 19.0. The van der Waals surface area contributed by atoms with Gasteiger partial charge in [0.1, 0.15) is 6.33 Å². The molecular formula is C23H28F4N6O2. The number of likely N-dealkylation sites (tertiary alicyclic amines) is 1. The highest BCUT2D eigenvalue weighted by atomic mass is 19.4. The highest BCUT2D eigenvalue weighted by Crippen LogP contribution is 2.35. The van der Waals surface area contributed by atoms with E-state index in [9.17, 15) is 23.1 Å². The van der Waals surface area contributed by atoms with E-state index in [0.29, 0.717) is 25.1 Å². The van der Waals surface area contributed by atoms with E-state index < -0.39 is 29.6 Å². The topological polar surface area (TPSA) is 108 Å². The maximum atomic E-state index is 15.4. The van der Waals surface area contributed by atoms with Crippen molar-refractivity contribution in [2.45, 2.75) is 44.1 Å². The number of aliphatic hydroxyl groups is 1. The van der Waals surface area contributed by atoms with Crippen LogP contribution in [0.4, 0.5) is 29.2 Å². The molecule has 2 atom stereocenters. The highest BCUT2D eigenvalue weighted by molar-refractivity contribution is 5.75. The first-order valence-electron chi connectivity index (χ1n) is 11.5. The van der Waals surface area contributed by atoms with Crippen LogP contribution in [-0.2, 0) is 17.5 Å². The van der Waals surface area contributed by atoms with E-state index in [0.717, 1.165) is 25.0 Å². The first kappa shape index (κ1) is 25.1. The predicted molar refractivity (Wildman–Crippen MR) is 121 cm³/mol. The molecule has 0 spiro atoms. The molecule has 2 aliphatic rings. The van der Waals surface area contributed by atoms with Crippen molar-refractivity contribution in [3.05, 3.63) is 47.5 Å². The van der Waals surface area contributed by atoms with Crippen molar-refractivity contribution in [2.75, 3.05) is 36.4 Å². The van der Waals surface area contributed by atoms with Crippen molar-refractivity contribution >= 4 is 17.5 Å². The lowest BCUT2D eigenvalue weighted by molar-refractivity contribution is -0.137. The van der Waals surface area contributed by atoms with Crippen molar-refractivity contribution in [3.63, 3.8) is 0 Å². The van der Waals surface area contributed by atoms with Crippen molar-refractivity contribution < 1.29 is 27.5 Å². The maximum absolute atomic E-state index is 15.4. The fourth-order valence-corrected chi connectivity index (χ4v) is 4.32. The number of primary amides is 1. The molecule has 35 heavy (non-hydrogen) atoms. The number of anilines is 2. The van der Waals surface area contributed by atoms with Gasteiger partial charge < -0.3 is 21.1 Å². The summed E-state index contributed by atoms with van der Waals surface area (Å²) in [5, 5.41) is 13.4. The lowest BCUT2D eigenvalue weighted by Crippen LogP contribution is -2.48. The first-order valence-corrected chi connectivity index (χ1v) is 11.5. The Labute approximate surface area is 200 Å². The molecule has 1 aliphatic heterocycles. The molecule has 1 aliphatic carbocycles. The predicted octanol–water partition coefficient (Wildman–Crippen LogP) is 2.38. The number of carbonyl (C=O) groups is 1. The Hall–Kier alpha value is -2.99. The molecule has 2 heterocycles. The number of aromatic nitrogens is 2. The average molecular weight is 497 g/mol. The van der Waals surface area contributed by atoms with E-state index >= 15 is 4.39 Å². The van der Waals surface area contributed by atoms with Gasteiger partial charge in [0.25, 0.3) is 0 Å². The summed E-state index contributed by atoms with van der Waals surface area (Å²) < 4.78 is 54.0. The van der Waals surface area contributed by atoms with Crippen molar-refractivity contribution in [3.8, 4) is 0 Å². The standard InChI is InChI=1S/C23H28F4N6O2/c24-20-21(29-9-15-7-8-32(11-18(15)34)12-19(28)35)30-13-31-22(20)33(17-5-6-17)10-14-1-3-16(4-2-14)23(25,26)27/h1-4,13,15,17-18,34H,5-12H2,(H2,28,35)(H,29,30,31)/t15-,18-/m0/s1. The van der Waals surface area contributed by atoms with Crippen molar-refractivity contribution in [1.82, 2.24) is 14.9 Å². The minimum atomic E-state index is -4.42. The smallest absolute Gasteiger partial charge is 0.391 e. The van der Waals surface area contributed by atoms with E-state index in [2.05, 4.69) is 15.3 Å². The molecule has 4 N–H and O–H groups in total. The van der Waals surface area contributed by atoms with Gasteiger partial charge in [-0.1, -0.05) is 12.1 Å². The SMILES string of the molecule is NC(=O)CN1CC[C@@H](CNc2ncnc(N(Cc3ccc(C(F)(F)F)cc3)C3CC3)c2F)[C@@H](O)C1. The number of carbonyl (C=O) groups excluding carboxylic acids is 1. The van der Waals surface area contributed by atoms with Crippen LogP contribution >= 0.6 is 0 Å². The van der Waals surface area contributed by atoms with Crippen LogP contribution in [-0.4, -0.2) is 64.2 Å². The lowest BCUT2D eigenvalue weighted by Gasteiger charge is -2.35. The maximum Gasteiger partial charge on any atom is 0.416 e. The summed E-state index contributed by atoms with van der Waals surface area (Å²) in [5.74, 6) is -1.18. The van der Waals surface area contributed by atoms with Gasteiger partial charge in [-0.2, -0.15) is 17.6 Å². The monoisotopic (exact) mass is 496 g/mol. The van der Waals surface area contributed by atoms with E-state index in [1.165, 1.54) is 18.5 Å². The number of nitrogens with two attached hydrogens (primary N) is 1. The Morgan fingerprint density at radius 3 is 2.51 bits per heavy atom. The Morgan fingerprint density at radius 1 is 1.20 bits per heavy atom. The van der Waals surface area contributed by atoms with E-state index in [-0.39, 0.29) is 43.2 Å². The largest absolute Gasteiger partial charge is 0.416 e. The quantitative estimate of drug-likeness (QED) is 0.458. The van der Waals surface area contributed by atoms with E-state index in [1.54, 1.807) is 9.80 Å². The van der Waals surface area contributed by atoms with Gasteiger partial charge in [0.15, 0.2) is 11.6 Å². The van der Waals surface area contributed by atoms with Crippen LogP contribution in [0.3, 0.4) is 0 Å². The number of nitrogens with one attached hydrogen (secondary N) is 1. The average Bonchev–Trinajstić information content (AvgIpc) is 3.63. The Bertz CT molecular complexity index is 1030. The van der Waals surface area contributed by atoms with Crippen LogP contribution < -0.4 is 16.0 Å². The van der Waals surface area contributed by atoms with Crippen molar-refractivity contribution in [2.24, 2.45) is 11.7 Å². The molecular weight excluding hydrogens is 468 g/mol. The number of halogens is 4. The third kappa shape index (κ3) is 6.37. The summed E-state index contributed by atoms with van der Waals surface area (Å²) in [6.07, 6.45) is -1.60. The number of aliphatic hydroxyl groups excluding tert-OH is 1. The van der Waals surface area contributed by atoms with Crippen LogP contribution in [0.5, 0.6) is 0 Å². The molecule has 0 bridgehead atoms. The van der Waals surface area contributed by atoms with Gasteiger partial charge in [0.05, 0.1) is 18.2 Å². The lowest BCUT2D eigenvalue weighted by atomic mass is 9.93. The number of β-amino-alcohol motifs (C(OH)–C–C–N with tert-alkyl or cyclic N) is 1. The number of amides is 1. The summed E-state index contributed by atoms with van der Waals surface area (Å²) >= 11 is 0. The van der Waals surface area contributed by atoms with Crippen LogP contribution in [0.15, 0.2) is 30.6 Å². The summed E-state index contributed by atoms with van der Waals surface area (Å²) in [6, 6.07) is 4.87. The van der Waals surface area contributed by atoms with Gasteiger partial charge in [0.2, 0.25) is 11.7 Å². The number of alkyl halides is 3. The second-order valence-electron chi connectivity index (χ2n) is 9.11. The zero-order valence-corrected chi connectivity index (χ0v) is 19.0. The molecule has 8 nitrogen and oxygen atoms in total. The summed E-state index contributed by atoms with van der Waals surface area (Å²) in [4.78, 5) is 22.8. The van der Waals surface area contributed by atoms with E-state index in [4.69, 9.17) is 5.73 Å². The second-order valence-corrected chi connectivity index (χ2v) is 9.11. The Kier molecular flexibility index (Phi) is 7.41. The number of rotatable bonds is 9. The molecule has 1 saturated heterocycles. The molecule has 4 rings (SSSR count). The molecule has 1 aromatic carbocycles. The molecule has 1 saturated carbocycles. The zero-order chi connectivity index (χ0) is 25.2. The van der Waals surface area contributed by atoms with Gasteiger partial charge in [-0.25, -0.2) is 9.97 Å². The number of benzene rings is 1. The number of nitrogens with zero attached hydrogens (tertiary/aromatic N) is 4. The van der Waals surface area contributed by atoms with Gasteiger partial charge >= 0.3 is 6.18 Å². The molecule has 2 fully saturated rings. The fraction of sp³-hybridized carbons (Fsp3) is 0.522. The third-order valence-corrected chi connectivity index (χ3v) is 6.38. The van der Waals surface area contributed by atoms with Gasteiger partial charge in [-0.05, 0) is 43.5 Å².